The zero-order valence-corrected chi connectivity index (χ0v) is 21.0. The molecule has 0 heterocycles. The monoisotopic (exact) mass is 426 g/mol. The van der Waals surface area contributed by atoms with Gasteiger partial charge in [0.15, 0.2) is 0 Å². The second-order valence-electron chi connectivity index (χ2n) is 10.7. The van der Waals surface area contributed by atoms with Gasteiger partial charge in [-0.1, -0.05) is 96.4 Å². The van der Waals surface area contributed by atoms with Crippen molar-refractivity contribution in [3.05, 3.63) is 48.0 Å². The van der Waals surface area contributed by atoms with Crippen molar-refractivity contribution in [3.8, 4) is 0 Å². The summed E-state index contributed by atoms with van der Waals surface area (Å²) in [6.45, 7) is 18.4. The average molecular weight is 427 g/mol. The highest BCUT2D eigenvalue weighted by Gasteiger charge is 2.55. The van der Waals surface area contributed by atoms with Crippen molar-refractivity contribution in [1.29, 1.82) is 0 Å². The number of rotatable bonds is 12. The molecule has 0 radical (unpaired) electrons. The van der Waals surface area contributed by atoms with Crippen LogP contribution in [0.4, 0.5) is 0 Å². The fraction of sp³-hybridized carbons (Fsp3) is 0.690. The first-order valence-electron chi connectivity index (χ1n) is 12.6. The Morgan fingerprint density at radius 2 is 1.81 bits per heavy atom. The van der Waals surface area contributed by atoms with E-state index in [9.17, 15) is 4.79 Å². The van der Waals surface area contributed by atoms with Crippen LogP contribution in [-0.4, -0.2) is 5.97 Å². The number of carbonyl (C=O) groups excluding carboxylic acids is 1. The van der Waals surface area contributed by atoms with Gasteiger partial charge in [-0.15, -0.1) is 0 Å². The summed E-state index contributed by atoms with van der Waals surface area (Å²) in [5.41, 5.74) is 1.92. The Bertz CT molecular complexity index is 692. The van der Waals surface area contributed by atoms with Crippen molar-refractivity contribution >= 4 is 5.97 Å². The van der Waals surface area contributed by atoms with Gasteiger partial charge < -0.3 is 4.74 Å². The van der Waals surface area contributed by atoms with Crippen molar-refractivity contribution in [2.45, 2.75) is 93.1 Å². The van der Waals surface area contributed by atoms with Gasteiger partial charge in [0.2, 0.25) is 0 Å². The first-order chi connectivity index (χ1) is 14.7. The number of benzene rings is 1. The topological polar surface area (TPSA) is 26.3 Å². The molecule has 0 aliphatic heterocycles. The van der Waals surface area contributed by atoms with Crippen LogP contribution in [0.1, 0.15) is 92.1 Å². The quantitative estimate of drug-likeness (QED) is 0.248. The van der Waals surface area contributed by atoms with Crippen molar-refractivity contribution in [2.24, 2.45) is 35.0 Å². The van der Waals surface area contributed by atoms with Crippen LogP contribution >= 0.6 is 0 Å². The molecule has 1 aliphatic rings. The summed E-state index contributed by atoms with van der Waals surface area (Å²) in [5.74, 6) is 2.59. The first-order valence-corrected chi connectivity index (χ1v) is 12.6. The third kappa shape index (κ3) is 6.70. The van der Waals surface area contributed by atoms with Gasteiger partial charge in [-0.3, -0.25) is 4.79 Å². The van der Waals surface area contributed by atoms with E-state index in [1.54, 1.807) is 0 Å². The molecule has 0 saturated heterocycles. The van der Waals surface area contributed by atoms with E-state index >= 15 is 0 Å². The Morgan fingerprint density at radius 3 is 2.39 bits per heavy atom. The molecule has 1 saturated carbocycles. The summed E-state index contributed by atoms with van der Waals surface area (Å²) in [6, 6.07) is 10.1. The molecule has 31 heavy (non-hydrogen) atoms. The molecule has 174 valence electrons. The predicted octanol–water partition coefficient (Wildman–Crippen LogP) is 8.22. The molecule has 1 aromatic carbocycles. The molecule has 2 rings (SSSR count). The number of hydrogen-bond acceptors (Lipinski definition) is 2. The zero-order chi connectivity index (χ0) is 23.0. The summed E-state index contributed by atoms with van der Waals surface area (Å²) in [4.78, 5) is 13.8. The molecule has 2 heteroatoms. The van der Waals surface area contributed by atoms with Gasteiger partial charge in [0.05, 0.1) is 5.41 Å². The minimum Gasteiger partial charge on any atom is -0.460 e. The van der Waals surface area contributed by atoms with E-state index in [0.29, 0.717) is 30.3 Å². The van der Waals surface area contributed by atoms with Crippen LogP contribution in [0, 0.1) is 35.0 Å². The van der Waals surface area contributed by atoms with Gasteiger partial charge >= 0.3 is 5.97 Å². The van der Waals surface area contributed by atoms with Crippen LogP contribution in [0.5, 0.6) is 0 Å². The van der Waals surface area contributed by atoms with Crippen LogP contribution in [0.15, 0.2) is 42.5 Å². The third-order valence-corrected chi connectivity index (χ3v) is 7.82. The zero-order valence-electron chi connectivity index (χ0n) is 21.0. The molecule has 1 fully saturated rings. The van der Waals surface area contributed by atoms with E-state index in [0.717, 1.165) is 37.2 Å². The van der Waals surface area contributed by atoms with Crippen molar-refractivity contribution in [2.75, 3.05) is 0 Å². The Morgan fingerprint density at radius 1 is 1.13 bits per heavy atom. The fourth-order valence-corrected chi connectivity index (χ4v) is 5.61. The molecular weight excluding hydrogens is 380 g/mol. The molecule has 0 spiro atoms. The minimum atomic E-state index is -0.377. The number of ether oxygens (including phenoxy) is 1. The van der Waals surface area contributed by atoms with Gasteiger partial charge in [0.1, 0.15) is 6.61 Å². The summed E-state index contributed by atoms with van der Waals surface area (Å²) >= 11 is 0. The van der Waals surface area contributed by atoms with E-state index in [4.69, 9.17) is 4.74 Å². The van der Waals surface area contributed by atoms with Gasteiger partial charge in [0, 0.05) is 0 Å². The SMILES string of the molecule is C=C(C)[C@@H]1CC[C@@](CCC(C)C)(C(=O)OCc2ccccc2)[C@H]1[C@H](C)CCC(C)CC. The number of hydrogen-bond donors (Lipinski definition) is 0. The van der Waals surface area contributed by atoms with E-state index in [-0.39, 0.29) is 11.4 Å². The summed E-state index contributed by atoms with van der Waals surface area (Å²) < 4.78 is 6.03. The molecule has 1 aromatic rings. The number of esters is 1. The largest absolute Gasteiger partial charge is 0.460 e. The fourth-order valence-electron chi connectivity index (χ4n) is 5.61. The maximum Gasteiger partial charge on any atom is 0.312 e. The molecule has 1 unspecified atom stereocenters. The summed E-state index contributed by atoms with van der Waals surface area (Å²) in [6.07, 6.45) is 7.63. The van der Waals surface area contributed by atoms with E-state index in [1.807, 2.05) is 30.3 Å². The second-order valence-corrected chi connectivity index (χ2v) is 10.7. The molecule has 2 nitrogen and oxygen atoms in total. The molecular formula is C29H46O2. The summed E-state index contributed by atoms with van der Waals surface area (Å²) in [7, 11) is 0. The van der Waals surface area contributed by atoms with E-state index in [1.165, 1.54) is 24.8 Å². The lowest BCUT2D eigenvalue weighted by atomic mass is 9.64. The van der Waals surface area contributed by atoms with Crippen molar-refractivity contribution in [3.63, 3.8) is 0 Å². The number of allylic oxidation sites excluding steroid dienone is 1. The van der Waals surface area contributed by atoms with Gasteiger partial charge in [-0.05, 0) is 67.8 Å². The van der Waals surface area contributed by atoms with Crippen LogP contribution in [0.2, 0.25) is 0 Å². The predicted molar refractivity (Wildman–Crippen MR) is 132 cm³/mol. The lowest BCUT2D eigenvalue weighted by Crippen LogP contribution is -2.42. The highest BCUT2D eigenvalue weighted by atomic mass is 16.5. The van der Waals surface area contributed by atoms with Gasteiger partial charge in [0.25, 0.3) is 0 Å². The first kappa shape index (κ1) is 25.7. The van der Waals surface area contributed by atoms with E-state index < -0.39 is 0 Å². The van der Waals surface area contributed by atoms with Crippen molar-refractivity contribution in [1.82, 2.24) is 0 Å². The van der Waals surface area contributed by atoms with Crippen LogP contribution in [0.25, 0.3) is 0 Å². The van der Waals surface area contributed by atoms with Crippen LogP contribution in [0.3, 0.4) is 0 Å². The smallest absolute Gasteiger partial charge is 0.312 e. The number of carbonyl (C=O) groups is 1. The van der Waals surface area contributed by atoms with E-state index in [2.05, 4.69) is 48.1 Å². The average Bonchev–Trinajstić information content (AvgIpc) is 3.16. The highest BCUT2D eigenvalue weighted by molar-refractivity contribution is 5.78. The third-order valence-electron chi connectivity index (χ3n) is 7.82. The standard InChI is InChI=1S/C29H46O2/c1-8-23(6)14-15-24(7)27-26(22(4)5)17-19-29(27,18-16-21(2)3)28(30)31-20-25-12-10-9-11-13-25/h9-13,21,23-24,26-27H,4,8,14-20H2,1-3,5-7H3/t23?,24-,26+,27+,29-/m1/s1. The normalized spacial score (nSPS) is 25.4. The summed E-state index contributed by atoms with van der Waals surface area (Å²) in [5, 5.41) is 0. The second kappa shape index (κ2) is 11.9. The molecule has 1 aliphatic carbocycles. The van der Waals surface area contributed by atoms with Gasteiger partial charge in [-0.25, -0.2) is 0 Å². The van der Waals surface area contributed by atoms with Crippen molar-refractivity contribution < 1.29 is 9.53 Å². The highest BCUT2D eigenvalue weighted by Crippen LogP contribution is 2.57. The Labute approximate surface area is 191 Å². The molecule has 0 amide bonds. The lowest BCUT2D eigenvalue weighted by Gasteiger charge is -2.40. The maximum absolute atomic E-state index is 13.8. The Balaban J connectivity index is 2.30. The Hall–Kier alpha value is -1.57. The lowest BCUT2D eigenvalue weighted by molar-refractivity contribution is -0.162. The minimum absolute atomic E-state index is 0.0288. The van der Waals surface area contributed by atoms with Gasteiger partial charge in [-0.2, -0.15) is 0 Å². The Kier molecular flexibility index (Phi) is 9.85. The molecule has 0 N–H and O–H groups in total. The van der Waals surface area contributed by atoms with Crippen LogP contribution < -0.4 is 0 Å². The molecule has 0 aromatic heterocycles. The van der Waals surface area contributed by atoms with Crippen LogP contribution in [-0.2, 0) is 16.1 Å². The molecule has 0 bridgehead atoms. The molecule has 5 atom stereocenters. The maximum atomic E-state index is 13.8.